The molecule has 0 fully saturated rings. The van der Waals surface area contributed by atoms with E-state index in [2.05, 4.69) is 15.3 Å². The molecular weight excluding hydrogens is 397 g/mol. The molecule has 0 aliphatic heterocycles. The zero-order valence-corrected chi connectivity index (χ0v) is 15.8. The van der Waals surface area contributed by atoms with Gasteiger partial charge in [0.15, 0.2) is 5.82 Å². The SMILES string of the molecule is CCc1nc2ccccc2n1-c1cc(N)[n+]([O-])c(Nc2ccc(C(F)(F)F)cc2)n1. The third kappa shape index (κ3) is 3.47. The van der Waals surface area contributed by atoms with Gasteiger partial charge >= 0.3 is 12.1 Å². The van der Waals surface area contributed by atoms with Crippen LogP contribution in [0.2, 0.25) is 0 Å². The summed E-state index contributed by atoms with van der Waals surface area (Å²) in [4.78, 5) is 8.94. The lowest BCUT2D eigenvalue weighted by Crippen LogP contribution is -2.35. The highest BCUT2D eigenvalue weighted by Crippen LogP contribution is 2.30. The number of halogens is 3. The first kappa shape index (κ1) is 19.5. The van der Waals surface area contributed by atoms with Gasteiger partial charge in [-0.25, -0.2) is 9.71 Å². The summed E-state index contributed by atoms with van der Waals surface area (Å²) in [6, 6.07) is 13.2. The van der Waals surface area contributed by atoms with Crippen molar-refractivity contribution >= 4 is 28.5 Å². The summed E-state index contributed by atoms with van der Waals surface area (Å²) in [5, 5.41) is 15.1. The van der Waals surface area contributed by atoms with Crippen molar-refractivity contribution in [3.8, 4) is 5.82 Å². The fourth-order valence-electron chi connectivity index (χ4n) is 3.13. The molecule has 0 unspecified atom stereocenters. The van der Waals surface area contributed by atoms with Crippen LogP contribution in [0.15, 0.2) is 54.6 Å². The van der Waals surface area contributed by atoms with E-state index in [1.54, 1.807) is 4.57 Å². The number of para-hydroxylation sites is 2. The first-order chi connectivity index (χ1) is 14.3. The Morgan fingerprint density at radius 1 is 1.10 bits per heavy atom. The molecule has 2 heterocycles. The second-order valence-corrected chi connectivity index (χ2v) is 6.56. The zero-order valence-electron chi connectivity index (χ0n) is 15.8. The second kappa shape index (κ2) is 7.21. The Kier molecular flexibility index (Phi) is 4.69. The number of nitrogens with zero attached hydrogens (tertiary/aromatic N) is 4. The van der Waals surface area contributed by atoms with Gasteiger partial charge in [-0.2, -0.15) is 13.2 Å². The fraction of sp³-hybridized carbons (Fsp3) is 0.150. The molecule has 30 heavy (non-hydrogen) atoms. The number of nitrogen functional groups attached to an aromatic ring is 1. The number of hydrogen-bond donors (Lipinski definition) is 2. The van der Waals surface area contributed by atoms with Gasteiger partial charge in [-0.05, 0) is 36.4 Å². The smallest absolute Gasteiger partial charge is 0.416 e. The summed E-state index contributed by atoms with van der Waals surface area (Å²) in [6.45, 7) is 1.94. The molecule has 0 amide bonds. The summed E-state index contributed by atoms with van der Waals surface area (Å²) in [6.07, 6.45) is -3.83. The predicted octanol–water partition coefficient (Wildman–Crippen LogP) is 3.96. The van der Waals surface area contributed by atoms with Gasteiger partial charge in [-0.3, -0.25) is 9.88 Å². The van der Waals surface area contributed by atoms with E-state index in [1.807, 2.05) is 31.2 Å². The standard InChI is InChI=1S/C20H17F3N6O/c1-2-17-26-14-5-3-4-6-15(14)28(17)18-11-16(24)29(30)19(27-18)25-13-9-7-12(8-10-13)20(21,22)23/h3-11H,2,24H2,1H3,(H,25,27). The Bertz CT molecular complexity index is 1220. The van der Waals surface area contributed by atoms with Crippen LogP contribution in [0.1, 0.15) is 18.3 Å². The van der Waals surface area contributed by atoms with Gasteiger partial charge in [0.1, 0.15) is 5.82 Å². The largest absolute Gasteiger partial charge is 0.754 e. The van der Waals surface area contributed by atoms with E-state index in [-0.39, 0.29) is 17.5 Å². The number of imidazole rings is 1. The van der Waals surface area contributed by atoms with Crippen LogP contribution in [0.25, 0.3) is 16.9 Å². The van der Waals surface area contributed by atoms with Crippen molar-refractivity contribution in [3.63, 3.8) is 0 Å². The summed E-state index contributed by atoms with van der Waals surface area (Å²) >= 11 is 0. The summed E-state index contributed by atoms with van der Waals surface area (Å²) in [5.74, 6) is 0.825. The van der Waals surface area contributed by atoms with E-state index in [0.29, 0.717) is 17.0 Å². The number of anilines is 3. The number of fused-ring (bicyclic) bond motifs is 1. The maximum atomic E-state index is 12.8. The highest BCUT2D eigenvalue weighted by molar-refractivity contribution is 5.78. The van der Waals surface area contributed by atoms with E-state index in [9.17, 15) is 18.4 Å². The normalized spacial score (nSPS) is 11.7. The van der Waals surface area contributed by atoms with Gasteiger partial charge in [-0.1, -0.05) is 24.0 Å². The number of nitrogens with one attached hydrogen (secondary N) is 1. The van der Waals surface area contributed by atoms with Gasteiger partial charge < -0.3 is 10.9 Å². The number of alkyl halides is 3. The van der Waals surface area contributed by atoms with E-state index < -0.39 is 11.7 Å². The minimum atomic E-state index is -4.45. The molecule has 4 rings (SSSR count). The first-order valence-electron chi connectivity index (χ1n) is 9.09. The first-order valence-corrected chi connectivity index (χ1v) is 9.09. The average molecular weight is 414 g/mol. The van der Waals surface area contributed by atoms with Crippen LogP contribution in [-0.4, -0.2) is 14.5 Å². The lowest BCUT2D eigenvalue weighted by atomic mass is 10.2. The van der Waals surface area contributed by atoms with Crippen molar-refractivity contribution in [2.45, 2.75) is 19.5 Å². The van der Waals surface area contributed by atoms with Crippen LogP contribution in [0.3, 0.4) is 0 Å². The number of hydrogen-bond acceptors (Lipinski definition) is 5. The Hall–Kier alpha value is -3.82. The number of aromatic nitrogens is 4. The number of aryl methyl sites for hydroxylation is 1. The molecule has 7 nitrogen and oxygen atoms in total. The van der Waals surface area contributed by atoms with Crippen molar-refractivity contribution in [2.24, 2.45) is 0 Å². The topological polar surface area (TPSA) is 95.7 Å². The van der Waals surface area contributed by atoms with Gasteiger partial charge in [-0.15, -0.1) is 0 Å². The van der Waals surface area contributed by atoms with Crippen molar-refractivity contribution in [1.29, 1.82) is 0 Å². The van der Waals surface area contributed by atoms with Crippen LogP contribution >= 0.6 is 0 Å². The number of nitrogens with two attached hydrogens (primary N) is 1. The minimum absolute atomic E-state index is 0.116. The minimum Gasteiger partial charge on any atom is -0.754 e. The monoisotopic (exact) mass is 414 g/mol. The molecule has 0 saturated carbocycles. The zero-order chi connectivity index (χ0) is 21.5. The second-order valence-electron chi connectivity index (χ2n) is 6.56. The van der Waals surface area contributed by atoms with Crippen LogP contribution in [0.5, 0.6) is 0 Å². The highest BCUT2D eigenvalue weighted by Gasteiger charge is 2.30. The molecule has 0 bridgehead atoms. The molecule has 3 N–H and O–H groups in total. The van der Waals surface area contributed by atoms with Crippen LogP contribution in [0.4, 0.5) is 30.6 Å². The van der Waals surface area contributed by atoms with Crippen LogP contribution in [-0.2, 0) is 12.6 Å². The molecule has 10 heteroatoms. The fourth-order valence-corrected chi connectivity index (χ4v) is 3.13. The van der Waals surface area contributed by atoms with Crippen LogP contribution < -0.4 is 15.8 Å². The van der Waals surface area contributed by atoms with Crippen molar-refractivity contribution < 1.29 is 17.9 Å². The molecule has 2 aromatic heterocycles. The summed E-state index contributed by atoms with van der Waals surface area (Å²) in [7, 11) is 0. The Morgan fingerprint density at radius 2 is 1.80 bits per heavy atom. The van der Waals surface area contributed by atoms with Gasteiger partial charge in [0.05, 0.1) is 28.4 Å². The van der Waals surface area contributed by atoms with Gasteiger partial charge in [0, 0.05) is 6.42 Å². The van der Waals surface area contributed by atoms with Crippen molar-refractivity contribution in [2.75, 3.05) is 11.1 Å². The lowest BCUT2D eigenvalue weighted by molar-refractivity contribution is -0.577. The lowest BCUT2D eigenvalue weighted by Gasteiger charge is -2.15. The molecule has 0 aliphatic carbocycles. The molecule has 0 aliphatic rings. The Labute approximate surface area is 169 Å². The number of rotatable bonds is 4. The predicted molar refractivity (Wildman–Crippen MR) is 106 cm³/mol. The Morgan fingerprint density at radius 3 is 2.47 bits per heavy atom. The van der Waals surface area contributed by atoms with Crippen LogP contribution in [0, 0.1) is 5.21 Å². The molecule has 4 aromatic rings. The molecule has 0 atom stereocenters. The van der Waals surface area contributed by atoms with Gasteiger partial charge in [0.2, 0.25) is 5.82 Å². The van der Waals surface area contributed by atoms with Crippen molar-refractivity contribution in [1.82, 2.24) is 14.5 Å². The van der Waals surface area contributed by atoms with E-state index >= 15 is 0 Å². The molecule has 2 aromatic carbocycles. The third-order valence-electron chi connectivity index (χ3n) is 4.57. The van der Waals surface area contributed by atoms with E-state index in [4.69, 9.17) is 5.73 Å². The quantitative estimate of drug-likeness (QED) is 0.389. The van der Waals surface area contributed by atoms with E-state index in [1.165, 1.54) is 18.2 Å². The maximum Gasteiger partial charge on any atom is 0.416 e. The molecule has 0 saturated heterocycles. The maximum absolute atomic E-state index is 12.8. The highest BCUT2D eigenvalue weighted by atomic mass is 19.4. The molecule has 0 spiro atoms. The summed E-state index contributed by atoms with van der Waals surface area (Å²) in [5.41, 5.74) is 6.93. The van der Waals surface area contributed by atoms with E-state index in [0.717, 1.165) is 29.0 Å². The number of benzene rings is 2. The van der Waals surface area contributed by atoms with Gasteiger partial charge in [0.25, 0.3) is 0 Å². The average Bonchev–Trinajstić information content (AvgIpc) is 3.09. The third-order valence-corrected chi connectivity index (χ3v) is 4.57. The summed E-state index contributed by atoms with van der Waals surface area (Å²) < 4.78 is 40.5. The molecule has 154 valence electrons. The molecular formula is C20H17F3N6O. The van der Waals surface area contributed by atoms with Crippen molar-refractivity contribution in [3.05, 3.63) is 71.2 Å². The molecule has 0 radical (unpaired) electrons. The Balaban J connectivity index is 1.77.